The van der Waals surface area contributed by atoms with Crippen LogP contribution >= 0.6 is 0 Å². The van der Waals surface area contributed by atoms with Crippen molar-refractivity contribution in [2.75, 3.05) is 20.3 Å². The van der Waals surface area contributed by atoms with Gasteiger partial charge in [0.2, 0.25) is 0 Å². The molecule has 17 heavy (non-hydrogen) atoms. The molecule has 2 aliphatic rings. The molecule has 0 amide bonds. The second kappa shape index (κ2) is 3.95. The van der Waals surface area contributed by atoms with Gasteiger partial charge in [0, 0.05) is 6.61 Å². The SMILES string of the molecule is COC(=O)C1(C2(O)CCC(C)(C)C2)CCOC1. The van der Waals surface area contributed by atoms with Crippen LogP contribution in [0.3, 0.4) is 0 Å². The van der Waals surface area contributed by atoms with E-state index in [-0.39, 0.29) is 18.0 Å². The highest BCUT2D eigenvalue weighted by Crippen LogP contribution is 2.54. The van der Waals surface area contributed by atoms with Gasteiger partial charge in [-0.25, -0.2) is 0 Å². The maximum atomic E-state index is 12.1. The van der Waals surface area contributed by atoms with E-state index in [1.54, 1.807) is 0 Å². The molecule has 0 radical (unpaired) electrons. The highest BCUT2D eigenvalue weighted by Gasteiger charge is 2.62. The molecular weight excluding hydrogens is 220 g/mol. The summed E-state index contributed by atoms with van der Waals surface area (Å²) >= 11 is 0. The Bertz CT molecular complexity index is 317. The van der Waals surface area contributed by atoms with Gasteiger partial charge in [-0.05, 0) is 31.1 Å². The van der Waals surface area contributed by atoms with Crippen molar-refractivity contribution in [1.29, 1.82) is 0 Å². The lowest BCUT2D eigenvalue weighted by atomic mass is 9.68. The summed E-state index contributed by atoms with van der Waals surface area (Å²) in [6.07, 6.45) is 2.78. The lowest BCUT2D eigenvalue weighted by Crippen LogP contribution is -2.53. The molecular formula is C13H22O4. The van der Waals surface area contributed by atoms with Crippen molar-refractivity contribution in [2.24, 2.45) is 10.8 Å². The van der Waals surface area contributed by atoms with Gasteiger partial charge in [0.1, 0.15) is 5.41 Å². The topological polar surface area (TPSA) is 55.8 Å². The van der Waals surface area contributed by atoms with Crippen LogP contribution in [-0.4, -0.2) is 37.0 Å². The van der Waals surface area contributed by atoms with Gasteiger partial charge in [0.05, 0.1) is 19.3 Å². The highest BCUT2D eigenvalue weighted by molar-refractivity contribution is 5.79. The van der Waals surface area contributed by atoms with Crippen LogP contribution in [0, 0.1) is 10.8 Å². The Morgan fingerprint density at radius 2 is 2.00 bits per heavy atom. The molecule has 2 atom stereocenters. The number of hydrogen-bond donors (Lipinski definition) is 1. The third-order valence-corrected chi connectivity index (χ3v) is 4.47. The zero-order chi connectivity index (χ0) is 12.7. The molecule has 0 aromatic rings. The Hall–Kier alpha value is -0.610. The fraction of sp³-hybridized carbons (Fsp3) is 0.923. The third-order valence-electron chi connectivity index (χ3n) is 4.47. The zero-order valence-electron chi connectivity index (χ0n) is 10.9. The fourth-order valence-electron chi connectivity index (χ4n) is 3.40. The molecule has 4 heteroatoms. The van der Waals surface area contributed by atoms with E-state index >= 15 is 0 Å². The average molecular weight is 242 g/mol. The summed E-state index contributed by atoms with van der Waals surface area (Å²) in [5.41, 5.74) is -1.74. The van der Waals surface area contributed by atoms with Crippen molar-refractivity contribution in [1.82, 2.24) is 0 Å². The van der Waals surface area contributed by atoms with Crippen LogP contribution in [-0.2, 0) is 14.3 Å². The number of aliphatic hydroxyl groups is 1. The smallest absolute Gasteiger partial charge is 0.317 e. The molecule has 2 fully saturated rings. The van der Waals surface area contributed by atoms with Crippen LogP contribution < -0.4 is 0 Å². The lowest BCUT2D eigenvalue weighted by molar-refractivity contribution is -0.173. The first-order valence-electron chi connectivity index (χ1n) is 6.24. The minimum absolute atomic E-state index is 0.0817. The summed E-state index contributed by atoms with van der Waals surface area (Å²) in [4.78, 5) is 12.1. The molecule has 1 saturated carbocycles. The summed E-state index contributed by atoms with van der Waals surface area (Å²) in [7, 11) is 1.38. The van der Waals surface area contributed by atoms with Crippen molar-refractivity contribution < 1.29 is 19.4 Å². The number of hydrogen-bond acceptors (Lipinski definition) is 4. The summed E-state index contributed by atoms with van der Waals surface area (Å²) < 4.78 is 10.3. The molecule has 0 bridgehead atoms. The van der Waals surface area contributed by atoms with E-state index < -0.39 is 11.0 Å². The average Bonchev–Trinajstić information content (AvgIpc) is 2.84. The van der Waals surface area contributed by atoms with Crippen molar-refractivity contribution in [2.45, 2.75) is 45.1 Å². The molecule has 0 spiro atoms. The number of esters is 1. The van der Waals surface area contributed by atoms with Crippen LogP contribution in [0.4, 0.5) is 0 Å². The van der Waals surface area contributed by atoms with Gasteiger partial charge in [-0.2, -0.15) is 0 Å². The van der Waals surface area contributed by atoms with E-state index in [0.717, 1.165) is 6.42 Å². The monoisotopic (exact) mass is 242 g/mol. The third kappa shape index (κ3) is 1.87. The standard InChI is InChI=1S/C13H22O4/c1-11(2)4-5-13(15,8-11)12(10(14)16-3)6-7-17-9-12/h15H,4-9H2,1-3H3. The Kier molecular flexibility index (Phi) is 2.99. The van der Waals surface area contributed by atoms with Crippen molar-refractivity contribution in [3.8, 4) is 0 Å². The fourth-order valence-corrected chi connectivity index (χ4v) is 3.40. The molecule has 2 rings (SSSR count). The summed E-state index contributed by atoms with van der Waals surface area (Å²) in [6.45, 7) is 5.07. The molecule has 0 aromatic carbocycles. The normalized spacial score (nSPS) is 40.5. The Morgan fingerprint density at radius 3 is 2.41 bits per heavy atom. The first kappa shape index (κ1) is 12.8. The second-order valence-electron chi connectivity index (χ2n) is 6.25. The number of ether oxygens (including phenoxy) is 2. The quantitative estimate of drug-likeness (QED) is 0.746. The van der Waals surface area contributed by atoms with Crippen LogP contribution in [0.1, 0.15) is 39.5 Å². The second-order valence-corrected chi connectivity index (χ2v) is 6.25. The van der Waals surface area contributed by atoms with Crippen molar-refractivity contribution in [3.63, 3.8) is 0 Å². The van der Waals surface area contributed by atoms with Crippen molar-refractivity contribution >= 4 is 5.97 Å². The van der Waals surface area contributed by atoms with Gasteiger partial charge in [-0.3, -0.25) is 4.79 Å². The van der Waals surface area contributed by atoms with Crippen LogP contribution in [0.5, 0.6) is 0 Å². The van der Waals surface area contributed by atoms with Gasteiger partial charge < -0.3 is 14.6 Å². The molecule has 4 nitrogen and oxygen atoms in total. The predicted molar refractivity (Wildman–Crippen MR) is 62.5 cm³/mol. The van der Waals surface area contributed by atoms with E-state index in [1.165, 1.54) is 7.11 Å². The molecule has 2 unspecified atom stereocenters. The van der Waals surface area contributed by atoms with Crippen molar-refractivity contribution in [3.05, 3.63) is 0 Å². The molecule has 1 N–H and O–H groups in total. The molecule has 98 valence electrons. The molecule has 0 aromatic heterocycles. The van der Waals surface area contributed by atoms with E-state index in [1.807, 2.05) is 0 Å². The van der Waals surface area contributed by atoms with Gasteiger partial charge in [-0.15, -0.1) is 0 Å². The van der Waals surface area contributed by atoms with Crippen LogP contribution in [0.15, 0.2) is 0 Å². The summed E-state index contributed by atoms with van der Waals surface area (Å²) in [5, 5.41) is 10.9. The first-order valence-corrected chi connectivity index (χ1v) is 6.24. The van der Waals surface area contributed by atoms with E-state index in [9.17, 15) is 9.90 Å². The van der Waals surface area contributed by atoms with Gasteiger partial charge in [0.25, 0.3) is 0 Å². The molecule has 1 aliphatic heterocycles. The Labute approximate surface area is 102 Å². The number of methoxy groups -OCH3 is 1. The Balaban J connectivity index is 2.31. The van der Waals surface area contributed by atoms with Crippen LogP contribution in [0.25, 0.3) is 0 Å². The first-order chi connectivity index (χ1) is 7.85. The summed E-state index contributed by atoms with van der Waals surface area (Å²) in [6, 6.07) is 0. The lowest BCUT2D eigenvalue weighted by Gasteiger charge is -2.40. The zero-order valence-corrected chi connectivity index (χ0v) is 10.9. The number of carbonyl (C=O) groups excluding carboxylic acids is 1. The molecule has 1 heterocycles. The minimum Gasteiger partial charge on any atom is -0.468 e. The van der Waals surface area contributed by atoms with E-state index in [4.69, 9.17) is 9.47 Å². The summed E-state index contributed by atoms with van der Waals surface area (Å²) in [5.74, 6) is -0.324. The van der Waals surface area contributed by atoms with Gasteiger partial charge >= 0.3 is 5.97 Å². The van der Waals surface area contributed by atoms with Crippen LogP contribution in [0.2, 0.25) is 0 Å². The molecule has 1 saturated heterocycles. The molecule has 1 aliphatic carbocycles. The van der Waals surface area contributed by atoms with E-state index in [0.29, 0.717) is 25.9 Å². The largest absolute Gasteiger partial charge is 0.468 e. The van der Waals surface area contributed by atoms with Gasteiger partial charge in [0.15, 0.2) is 0 Å². The predicted octanol–water partition coefficient (Wildman–Crippen LogP) is 1.51. The minimum atomic E-state index is -0.972. The number of rotatable bonds is 2. The maximum Gasteiger partial charge on any atom is 0.317 e. The van der Waals surface area contributed by atoms with E-state index in [2.05, 4.69) is 13.8 Å². The number of carbonyl (C=O) groups is 1. The van der Waals surface area contributed by atoms with Gasteiger partial charge in [-0.1, -0.05) is 13.8 Å². The highest BCUT2D eigenvalue weighted by atomic mass is 16.5. The maximum absolute atomic E-state index is 12.1. The Morgan fingerprint density at radius 1 is 1.29 bits per heavy atom.